The number of benzene rings is 1. The number of nitrogens with zero attached hydrogens (tertiary/aromatic N) is 4. The SMILES string of the molecule is CN(C)c1nc2c(c(=O)[nH]1)CCC21CCCN(Cc2nc3ccccc3[nH]2)C1. The third-order valence-corrected chi connectivity index (χ3v) is 6.25. The summed E-state index contributed by atoms with van der Waals surface area (Å²) in [5, 5.41) is 0. The summed E-state index contributed by atoms with van der Waals surface area (Å²) in [6.07, 6.45) is 4.04. The topological polar surface area (TPSA) is 80.9 Å². The number of hydrogen-bond acceptors (Lipinski definition) is 5. The molecule has 1 atom stereocenters. The minimum Gasteiger partial charge on any atom is -0.348 e. The van der Waals surface area contributed by atoms with Crippen LogP contribution in [-0.2, 0) is 18.4 Å². The second kappa shape index (κ2) is 6.44. The van der Waals surface area contributed by atoms with E-state index in [1.807, 2.05) is 37.2 Å². The van der Waals surface area contributed by atoms with E-state index in [4.69, 9.17) is 9.97 Å². The van der Waals surface area contributed by atoms with Gasteiger partial charge in [0.1, 0.15) is 5.82 Å². The Kier molecular flexibility index (Phi) is 4.01. The summed E-state index contributed by atoms with van der Waals surface area (Å²) in [4.78, 5) is 32.9. The highest BCUT2D eigenvalue weighted by Crippen LogP contribution is 2.43. The molecule has 7 heteroatoms. The second-order valence-electron chi connectivity index (χ2n) is 8.41. The number of anilines is 1. The number of likely N-dealkylation sites (tertiary alicyclic amines) is 1. The molecule has 1 unspecified atom stereocenters. The molecule has 2 aliphatic rings. The summed E-state index contributed by atoms with van der Waals surface area (Å²) in [6.45, 7) is 2.79. The Labute approximate surface area is 163 Å². The summed E-state index contributed by atoms with van der Waals surface area (Å²) < 4.78 is 0. The van der Waals surface area contributed by atoms with Crippen molar-refractivity contribution in [3.63, 3.8) is 0 Å². The summed E-state index contributed by atoms with van der Waals surface area (Å²) in [5.74, 6) is 1.66. The Hall–Kier alpha value is -2.67. The summed E-state index contributed by atoms with van der Waals surface area (Å²) >= 11 is 0. The Morgan fingerprint density at radius 3 is 2.86 bits per heavy atom. The predicted octanol–water partition coefficient (Wildman–Crippen LogP) is 2.19. The second-order valence-corrected chi connectivity index (χ2v) is 8.41. The van der Waals surface area contributed by atoms with Gasteiger partial charge in [-0.05, 0) is 44.4 Å². The van der Waals surface area contributed by atoms with Crippen molar-refractivity contribution in [1.29, 1.82) is 0 Å². The minimum absolute atomic E-state index is 0.0153. The Morgan fingerprint density at radius 2 is 2.04 bits per heavy atom. The van der Waals surface area contributed by atoms with Gasteiger partial charge in [0.25, 0.3) is 5.56 Å². The first-order valence-electron chi connectivity index (χ1n) is 10.0. The maximum Gasteiger partial charge on any atom is 0.255 e. The summed E-state index contributed by atoms with van der Waals surface area (Å²) in [6, 6.07) is 8.15. The molecule has 3 heterocycles. The van der Waals surface area contributed by atoms with E-state index in [1.165, 1.54) is 0 Å². The molecular weight excluding hydrogens is 352 g/mol. The van der Waals surface area contributed by atoms with E-state index >= 15 is 0 Å². The number of imidazole rings is 1. The maximum absolute atomic E-state index is 12.6. The van der Waals surface area contributed by atoms with Crippen molar-refractivity contribution in [2.45, 2.75) is 37.6 Å². The first-order valence-corrected chi connectivity index (χ1v) is 10.0. The third-order valence-electron chi connectivity index (χ3n) is 6.25. The number of H-pyrrole nitrogens is 2. The smallest absolute Gasteiger partial charge is 0.255 e. The first kappa shape index (κ1) is 17.4. The number of nitrogens with one attached hydrogen (secondary N) is 2. The molecule has 1 spiro atoms. The quantitative estimate of drug-likeness (QED) is 0.730. The van der Waals surface area contributed by atoms with E-state index in [0.29, 0.717) is 5.95 Å². The van der Waals surface area contributed by atoms with Gasteiger partial charge in [-0.2, -0.15) is 0 Å². The molecule has 1 aromatic carbocycles. The van der Waals surface area contributed by atoms with Crippen LogP contribution in [0.4, 0.5) is 5.95 Å². The fourth-order valence-corrected chi connectivity index (χ4v) is 4.90. The van der Waals surface area contributed by atoms with Gasteiger partial charge in [0.15, 0.2) is 0 Å². The van der Waals surface area contributed by atoms with Gasteiger partial charge in [-0.1, -0.05) is 12.1 Å². The van der Waals surface area contributed by atoms with Gasteiger partial charge in [-0.3, -0.25) is 14.7 Å². The van der Waals surface area contributed by atoms with Gasteiger partial charge in [-0.15, -0.1) is 0 Å². The molecule has 5 rings (SSSR count). The van der Waals surface area contributed by atoms with E-state index < -0.39 is 0 Å². The Morgan fingerprint density at radius 1 is 1.18 bits per heavy atom. The van der Waals surface area contributed by atoms with Crippen molar-refractivity contribution in [1.82, 2.24) is 24.8 Å². The number of aromatic nitrogens is 4. The van der Waals surface area contributed by atoms with Crippen molar-refractivity contribution in [2.75, 3.05) is 32.1 Å². The van der Waals surface area contributed by atoms with Crippen LogP contribution in [0.15, 0.2) is 29.1 Å². The number of rotatable bonds is 3. The van der Waals surface area contributed by atoms with Gasteiger partial charge >= 0.3 is 0 Å². The lowest BCUT2D eigenvalue weighted by Crippen LogP contribution is -2.45. The van der Waals surface area contributed by atoms with E-state index in [-0.39, 0.29) is 11.0 Å². The molecule has 7 nitrogen and oxygen atoms in total. The molecule has 2 N–H and O–H groups in total. The van der Waals surface area contributed by atoms with Crippen molar-refractivity contribution >= 4 is 17.0 Å². The minimum atomic E-state index is -0.0153. The number of fused-ring (bicyclic) bond motifs is 3. The fourth-order valence-electron chi connectivity index (χ4n) is 4.90. The Balaban J connectivity index is 1.44. The molecule has 0 saturated carbocycles. The molecule has 1 fully saturated rings. The highest BCUT2D eigenvalue weighted by Gasteiger charge is 2.44. The zero-order chi connectivity index (χ0) is 19.3. The van der Waals surface area contributed by atoms with Gasteiger partial charge < -0.3 is 9.88 Å². The van der Waals surface area contributed by atoms with Crippen LogP contribution in [0, 0.1) is 0 Å². The van der Waals surface area contributed by atoms with Crippen molar-refractivity contribution in [3.05, 3.63) is 51.7 Å². The van der Waals surface area contributed by atoms with Gasteiger partial charge in [0.05, 0.1) is 23.3 Å². The maximum atomic E-state index is 12.6. The zero-order valence-corrected chi connectivity index (χ0v) is 16.5. The number of piperidine rings is 1. The van der Waals surface area contributed by atoms with Gasteiger partial charge in [0, 0.05) is 31.6 Å². The van der Waals surface area contributed by atoms with Crippen LogP contribution in [0.25, 0.3) is 11.0 Å². The number of para-hydroxylation sites is 2. The molecule has 0 bridgehead atoms. The molecule has 1 saturated heterocycles. The number of hydrogen-bond donors (Lipinski definition) is 2. The third kappa shape index (κ3) is 2.81. The van der Waals surface area contributed by atoms with E-state index in [2.05, 4.69) is 20.9 Å². The average molecular weight is 378 g/mol. The van der Waals surface area contributed by atoms with Crippen LogP contribution in [0.2, 0.25) is 0 Å². The van der Waals surface area contributed by atoms with Crippen LogP contribution in [0.1, 0.15) is 36.3 Å². The lowest BCUT2D eigenvalue weighted by molar-refractivity contribution is 0.134. The van der Waals surface area contributed by atoms with E-state index in [1.54, 1.807) is 0 Å². The molecule has 2 aromatic heterocycles. The summed E-state index contributed by atoms with van der Waals surface area (Å²) in [7, 11) is 3.84. The van der Waals surface area contributed by atoms with Crippen LogP contribution in [0.3, 0.4) is 0 Å². The highest BCUT2D eigenvalue weighted by atomic mass is 16.1. The first-order chi connectivity index (χ1) is 13.5. The predicted molar refractivity (Wildman–Crippen MR) is 110 cm³/mol. The van der Waals surface area contributed by atoms with Crippen LogP contribution in [0.5, 0.6) is 0 Å². The lowest BCUT2D eigenvalue weighted by Gasteiger charge is -2.40. The molecule has 1 aliphatic heterocycles. The standard InChI is InChI=1S/C21H26N6O/c1-26(2)20-24-18-14(19(28)25-20)8-10-21(18)9-5-11-27(13-21)12-17-22-15-6-3-4-7-16(15)23-17/h3-4,6-7H,5,8-13H2,1-2H3,(H,22,23)(H,24,25,28). The van der Waals surface area contributed by atoms with Gasteiger partial charge in [0.2, 0.25) is 5.95 Å². The van der Waals surface area contributed by atoms with Crippen LogP contribution in [-0.4, -0.2) is 52.0 Å². The summed E-state index contributed by atoms with van der Waals surface area (Å²) in [5.41, 5.74) is 4.02. The molecule has 0 radical (unpaired) electrons. The van der Waals surface area contributed by atoms with E-state index in [9.17, 15) is 4.79 Å². The molecule has 0 amide bonds. The Bertz CT molecular complexity index is 1050. The molecule has 3 aromatic rings. The fraction of sp³-hybridized carbons (Fsp3) is 0.476. The van der Waals surface area contributed by atoms with Crippen molar-refractivity contribution in [3.8, 4) is 0 Å². The van der Waals surface area contributed by atoms with E-state index in [0.717, 1.165) is 73.4 Å². The average Bonchev–Trinajstić information content (AvgIpc) is 3.23. The van der Waals surface area contributed by atoms with Crippen molar-refractivity contribution in [2.24, 2.45) is 0 Å². The van der Waals surface area contributed by atoms with Crippen LogP contribution < -0.4 is 10.5 Å². The largest absolute Gasteiger partial charge is 0.348 e. The number of aromatic amines is 2. The van der Waals surface area contributed by atoms with Crippen LogP contribution >= 0.6 is 0 Å². The normalized spacial score (nSPS) is 22.1. The highest BCUT2D eigenvalue weighted by molar-refractivity contribution is 5.74. The van der Waals surface area contributed by atoms with Crippen molar-refractivity contribution < 1.29 is 0 Å². The molecule has 1 aliphatic carbocycles. The molecule has 28 heavy (non-hydrogen) atoms. The van der Waals surface area contributed by atoms with Gasteiger partial charge in [-0.25, -0.2) is 9.97 Å². The monoisotopic (exact) mass is 378 g/mol. The molecule has 146 valence electrons. The molecular formula is C21H26N6O. The zero-order valence-electron chi connectivity index (χ0n) is 16.5. The lowest BCUT2D eigenvalue weighted by atomic mass is 9.77.